The van der Waals surface area contributed by atoms with Crippen LogP contribution >= 0.6 is 0 Å². The quantitative estimate of drug-likeness (QED) is 0.768. The summed E-state index contributed by atoms with van der Waals surface area (Å²) in [5.74, 6) is 0. The first kappa shape index (κ1) is 11.4. The Labute approximate surface area is 93.0 Å². The molecule has 0 aromatic carbocycles. The molecule has 2 N–H and O–H groups in total. The number of rotatable bonds is 3. The van der Waals surface area contributed by atoms with Crippen molar-refractivity contribution >= 4 is 0 Å². The van der Waals surface area contributed by atoms with E-state index in [0.717, 1.165) is 32.5 Å². The van der Waals surface area contributed by atoms with Gasteiger partial charge in [0.15, 0.2) is 0 Å². The van der Waals surface area contributed by atoms with Crippen LogP contribution in [0.4, 0.5) is 0 Å². The standard InChI is InChI=1S/C12H24N2O/c13-12(5-10-15-11-6-12)4-9-14-7-2-1-3-8-14/h1-11,13H2. The molecule has 0 aromatic rings. The summed E-state index contributed by atoms with van der Waals surface area (Å²) >= 11 is 0. The van der Waals surface area contributed by atoms with Crippen LogP contribution in [0.1, 0.15) is 38.5 Å². The SMILES string of the molecule is NC1(CCN2CCCCC2)CCOCC1. The van der Waals surface area contributed by atoms with Gasteiger partial charge in [-0.3, -0.25) is 0 Å². The van der Waals surface area contributed by atoms with Crippen molar-refractivity contribution in [2.75, 3.05) is 32.8 Å². The molecular formula is C12H24N2O. The highest BCUT2D eigenvalue weighted by molar-refractivity contribution is 4.87. The van der Waals surface area contributed by atoms with Gasteiger partial charge in [0.25, 0.3) is 0 Å². The zero-order chi connectivity index (χ0) is 10.6. The number of hydrogen-bond acceptors (Lipinski definition) is 3. The molecule has 2 heterocycles. The normalized spacial score (nSPS) is 27.8. The zero-order valence-electron chi connectivity index (χ0n) is 9.71. The van der Waals surface area contributed by atoms with Crippen molar-refractivity contribution in [3.63, 3.8) is 0 Å². The van der Waals surface area contributed by atoms with Gasteiger partial charge >= 0.3 is 0 Å². The highest BCUT2D eigenvalue weighted by atomic mass is 16.5. The Hall–Kier alpha value is -0.120. The Morgan fingerprint density at radius 1 is 1.07 bits per heavy atom. The molecule has 0 radical (unpaired) electrons. The highest BCUT2D eigenvalue weighted by Gasteiger charge is 2.28. The summed E-state index contributed by atoms with van der Waals surface area (Å²) in [6, 6.07) is 0. The minimum absolute atomic E-state index is 0.0652. The average Bonchev–Trinajstić information content (AvgIpc) is 2.29. The summed E-state index contributed by atoms with van der Waals surface area (Å²) < 4.78 is 5.36. The van der Waals surface area contributed by atoms with Crippen LogP contribution in [0.25, 0.3) is 0 Å². The Bertz CT molecular complexity index is 184. The fraction of sp³-hybridized carbons (Fsp3) is 1.00. The third kappa shape index (κ3) is 3.44. The van der Waals surface area contributed by atoms with Gasteiger partial charge in [0.1, 0.15) is 0 Å². The summed E-state index contributed by atoms with van der Waals surface area (Å²) in [5, 5.41) is 0. The van der Waals surface area contributed by atoms with E-state index in [2.05, 4.69) is 4.90 Å². The fourth-order valence-electron chi connectivity index (χ4n) is 2.59. The van der Waals surface area contributed by atoms with E-state index in [4.69, 9.17) is 10.5 Å². The Kier molecular flexibility index (Phi) is 4.00. The van der Waals surface area contributed by atoms with Gasteiger partial charge in [0, 0.05) is 18.8 Å². The van der Waals surface area contributed by atoms with Gasteiger partial charge in [0.05, 0.1) is 0 Å². The summed E-state index contributed by atoms with van der Waals surface area (Å²) in [6.45, 7) is 5.47. The first-order valence-corrected chi connectivity index (χ1v) is 6.38. The molecule has 0 aromatic heterocycles. The molecule has 0 atom stereocenters. The first-order chi connectivity index (χ1) is 7.29. The van der Waals surface area contributed by atoms with E-state index in [9.17, 15) is 0 Å². The molecule has 15 heavy (non-hydrogen) atoms. The first-order valence-electron chi connectivity index (χ1n) is 6.38. The van der Waals surface area contributed by atoms with Crippen molar-refractivity contribution in [1.29, 1.82) is 0 Å². The van der Waals surface area contributed by atoms with Gasteiger partial charge in [-0.1, -0.05) is 6.42 Å². The molecule has 3 heteroatoms. The van der Waals surface area contributed by atoms with Gasteiger partial charge in [-0.15, -0.1) is 0 Å². The molecule has 2 fully saturated rings. The predicted molar refractivity (Wildman–Crippen MR) is 61.9 cm³/mol. The van der Waals surface area contributed by atoms with Crippen molar-refractivity contribution in [2.45, 2.75) is 44.1 Å². The molecule has 2 aliphatic heterocycles. The Morgan fingerprint density at radius 2 is 1.73 bits per heavy atom. The van der Waals surface area contributed by atoms with Gasteiger partial charge in [-0.05, 0) is 51.7 Å². The molecule has 2 rings (SSSR count). The maximum atomic E-state index is 6.37. The van der Waals surface area contributed by atoms with Crippen molar-refractivity contribution < 1.29 is 4.74 Å². The lowest BCUT2D eigenvalue weighted by Crippen LogP contribution is -2.47. The summed E-state index contributed by atoms with van der Waals surface area (Å²) in [7, 11) is 0. The van der Waals surface area contributed by atoms with Crippen molar-refractivity contribution in [2.24, 2.45) is 5.73 Å². The van der Waals surface area contributed by atoms with Gasteiger partial charge in [0.2, 0.25) is 0 Å². The second-order valence-corrected chi connectivity index (χ2v) is 5.13. The zero-order valence-corrected chi connectivity index (χ0v) is 9.71. The number of nitrogens with zero attached hydrogens (tertiary/aromatic N) is 1. The third-order valence-electron chi connectivity index (χ3n) is 3.86. The largest absolute Gasteiger partial charge is 0.381 e. The van der Waals surface area contributed by atoms with Crippen LogP contribution in [-0.4, -0.2) is 43.3 Å². The van der Waals surface area contributed by atoms with E-state index in [1.165, 1.54) is 38.9 Å². The van der Waals surface area contributed by atoms with Crippen LogP contribution in [0.15, 0.2) is 0 Å². The molecule has 0 spiro atoms. The highest BCUT2D eigenvalue weighted by Crippen LogP contribution is 2.22. The van der Waals surface area contributed by atoms with Crippen LogP contribution in [0.3, 0.4) is 0 Å². The number of ether oxygens (including phenoxy) is 1. The topological polar surface area (TPSA) is 38.5 Å². The molecule has 0 bridgehead atoms. The molecule has 0 amide bonds. The summed E-state index contributed by atoms with van der Waals surface area (Å²) in [4.78, 5) is 2.58. The number of nitrogens with two attached hydrogens (primary N) is 1. The van der Waals surface area contributed by atoms with Crippen LogP contribution < -0.4 is 5.73 Å². The van der Waals surface area contributed by atoms with Crippen molar-refractivity contribution in [3.8, 4) is 0 Å². The Morgan fingerprint density at radius 3 is 2.40 bits per heavy atom. The molecule has 3 nitrogen and oxygen atoms in total. The molecule has 2 aliphatic rings. The van der Waals surface area contributed by atoms with Crippen LogP contribution in [0.2, 0.25) is 0 Å². The lowest BCUT2D eigenvalue weighted by molar-refractivity contribution is 0.0451. The number of piperidine rings is 1. The van der Waals surface area contributed by atoms with E-state index >= 15 is 0 Å². The lowest BCUT2D eigenvalue weighted by atomic mass is 9.87. The molecule has 88 valence electrons. The fourth-order valence-corrected chi connectivity index (χ4v) is 2.59. The minimum Gasteiger partial charge on any atom is -0.381 e. The monoisotopic (exact) mass is 212 g/mol. The van der Waals surface area contributed by atoms with Gasteiger partial charge in [-0.25, -0.2) is 0 Å². The average molecular weight is 212 g/mol. The number of hydrogen-bond donors (Lipinski definition) is 1. The van der Waals surface area contributed by atoms with Crippen LogP contribution in [0, 0.1) is 0 Å². The van der Waals surface area contributed by atoms with Crippen LogP contribution in [-0.2, 0) is 4.74 Å². The maximum Gasteiger partial charge on any atom is 0.0483 e. The van der Waals surface area contributed by atoms with E-state index in [0.29, 0.717) is 0 Å². The molecule has 0 saturated carbocycles. The summed E-state index contributed by atoms with van der Waals surface area (Å²) in [6.07, 6.45) is 7.40. The van der Waals surface area contributed by atoms with Crippen LogP contribution in [0.5, 0.6) is 0 Å². The molecule has 0 unspecified atom stereocenters. The molecule has 0 aliphatic carbocycles. The van der Waals surface area contributed by atoms with E-state index in [1.807, 2.05) is 0 Å². The number of likely N-dealkylation sites (tertiary alicyclic amines) is 1. The maximum absolute atomic E-state index is 6.37. The van der Waals surface area contributed by atoms with E-state index < -0.39 is 0 Å². The van der Waals surface area contributed by atoms with Crippen molar-refractivity contribution in [1.82, 2.24) is 4.90 Å². The van der Waals surface area contributed by atoms with Crippen molar-refractivity contribution in [3.05, 3.63) is 0 Å². The second-order valence-electron chi connectivity index (χ2n) is 5.13. The molecule has 2 saturated heterocycles. The smallest absolute Gasteiger partial charge is 0.0483 e. The Balaban J connectivity index is 1.70. The van der Waals surface area contributed by atoms with Gasteiger partial charge in [-0.2, -0.15) is 0 Å². The molecular weight excluding hydrogens is 188 g/mol. The third-order valence-corrected chi connectivity index (χ3v) is 3.86. The van der Waals surface area contributed by atoms with E-state index in [-0.39, 0.29) is 5.54 Å². The lowest BCUT2D eigenvalue weighted by Gasteiger charge is -2.36. The minimum atomic E-state index is 0.0652. The predicted octanol–water partition coefficient (Wildman–Crippen LogP) is 1.37. The second kappa shape index (κ2) is 5.28. The van der Waals surface area contributed by atoms with E-state index in [1.54, 1.807) is 0 Å². The summed E-state index contributed by atoms with van der Waals surface area (Å²) in [5.41, 5.74) is 6.43. The van der Waals surface area contributed by atoms with Gasteiger partial charge < -0.3 is 15.4 Å².